The van der Waals surface area contributed by atoms with Crippen molar-refractivity contribution in [1.82, 2.24) is 9.80 Å². The van der Waals surface area contributed by atoms with Crippen molar-refractivity contribution in [3.05, 3.63) is 71.8 Å². The number of ether oxygens (including phenoxy) is 1. The maximum Gasteiger partial charge on any atom is 0.108 e. The van der Waals surface area contributed by atoms with Crippen LogP contribution in [0.3, 0.4) is 0 Å². The molecule has 2 aromatic rings. The van der Waals surface area contributed by atoms with Crippen molar-refractivity contribution in [2.24, 2.45) is 0 Å². The Bertz CT molecular complexity index is 636. The van der Waals surface area contributed by atoms with Crippen LogP contribution in [-0.4, -0.2) is 55.2 Å². The summed E-state index contributed by atoms with van der Waals surface area (Å²) < 4.78 is 6.41. The van der Waals surface area contributed by atoms with Gasteiger partial charge in [0, 0.05) is 25.2 Å². The summed E-state index contributed by atoms with van der Waals surface area (Å²) in [4.78, 5) is 5.21. The van der Waals surface area contributed by atoms with Crippen LogP contribution in [-0.2, 0) is 4.74 Å². The summed E-state index contributed by atoms with van der Waals surface area (Å²) in [5.41, 5.74) is 2.46. The smallest absolute Gasteiger partial charge is 0.108 e. The second-order valence-electron chi connectivity index (χ2n) is 7.71. The van der Waals surface area contributed by atoms with Crippen molar-refractivity contribution in [3.63, 3.8) is 0 Å². The second kappa shape index (κ2) is 8.34. The SMILES string of the molecule is CN1[C@@H]2CC[C@H]1CN(CCOC(c1ccccc1)c1ccccc1)CC2. The zero-order valence-electron chi connectivity index (χ0n) is 15.8. The summed E-state index contributed by atoms with van der Waals surface area (Å²) in [5, 5.41) is 0. The molecular weight excluding hydrogens is 320 g/mol. The van der Waals surface area contributed by atoms with E-state index in [1.165, 1.54) is 43.5 Å². The fraction of sp³-hybridized carbons (Fsp3) is 0.478. The van der Waals surface area contributed by atoms with Crippen molar-refractivity contribution >= 4 is 0 Å². The van der Waals surface area contributed by atoms with Gasteiger partial charge in [-0.2, -0.15) is 0 Å². The Balaban J connectivity index is 1.38. The molecule has 4 rings (SSSR count). The first-order valence-corrected chi connectivity index (χ1v) is 9.97. The lowest BCUT2D eigenvalue weighted by atomic mass is 10.0. The Morgan fingerprint density at radius 1 is 0.885 bits per heavy atom. The molecule has 0 unspecified atom stereocenters. The van der Waals surface area contributed by atoms with Crippen molar-refractivity contribution in [2.45, 2.75) is 37.5 Å². The van der Waals surface area contributed by atoms with Crippen molar-refractivity contribution in [1.29, 1.82) is 0 Å². The minimum atomic E-state index is 0.0171. The van der Waals surface area contributed by atoms with Crippen LogP contribution in [0.25, 0.3) is 0 Å². The van der Waals surface area contributed by atoms with Crippen LogP contribution in [0.1, 0.15) is 36.5 Å². The molecule has 2 atom stereocenters. The van der Waals surface area contributed by atoms with Gasteiger partial charge in [0.2, 0.25) is 0 Å². The van der Waals surface area contributed by atoms with Crippen LogP contribution in [0.2, 0.25) is 0 Å². The Labute approximate surface area is 157 Å². The van der Waals surface area contributed by atoms with E-state index in [0.29, 0.717) is 0 Å². The lowest BCUT2D eigenvalue weighted by molar-refractivity contribution is 0.0579. The molecule has 2 aromatic carbocycles. The van der Waals surface area contributed by atoms with E-state index in [2.05, 4.69) is 77.5 Å². The molecule has 26 heavy (non-hydrogen) atoms. The number of benzene rings is 2. The first-order chi connectivity index (χ1) is 12.8. The second-order valence-corrected chi connectivity index (χ2v) is 7.71. The quantitative estimate of drug-likeness (QED) is 0.784. The van der Waals surface area contributed by atoms with Gasteiger partial charge in [-0.15, -0.1) is 0 Å². The first kappa shape index (κ1) is 17.7. The van der Waals surface area contributed by atoms with Crippen LogP contribution >= 0.6 is 0 Å². The largest absolute Gasteiger partial charge is 0.367 e. The van der Waals surface area contributed by atoms with Crippen molar-refractivity contribution in [2.75, 3.05) is 33.3 Å². The van der Waals surface area contributed by atoms with Gasteiger partial charge in [-0.3, -0.25) is 9.80 Å². The summed E-state index contributed by atoms with van der Waals surface area (Å²) in [6.45, 7) is 4.19. The average Bonchev–Trinajstić information content (AvgIpc) is 2.94. The predicted octanol–water partition coefficient (Wildman–Crippen LogP) is 3.96. The van der Waals surface area contributed by atoms with Crippen LogP contribution in [0.15, 0.2) is 60.7 Å². The number of hydrogen-bond acceptors (Lipinski definition) is 3. The molecule has 138 valence electrons. The Kier molecular flexibility index (Phi) is 5.68. The van der Waals surface area contributed by atoms with E-state index in [9.17, 15) is 0 Å². The summed E-state index contributed by atoms with van der Waals surface area (Å²) in [5.74, 6) is 0. The monoisotopic (exact) mass is 350 g/mol. The Hall–Kier alpha value is -1.68. The highest BCUT2D eigenvalue weighted by Crippen LogP contribution is 2.29. The standard InChI is InChI=1S/C23H30N2O/c1-24-21-12-13-22(24)18-25(15-14-21)16-17-26-23(19-8-4-2-5-9-19)20-10-6-3-7-11-20/h2-11,21-23H,12-18H2,1H3/t21-,22+/m1/s1. The molecule has 0 saturated carbocycles. The highest BCUT2D eigenvalue weighted by atomic mass is 16.5. The van der Waals surface area contributed by atoms with E-state index in [0.717, 1.165) is 25.2 Å². The van der Waals surface area contributed by atoms with Crippen LogP contribution in [0, 0.1) is 0 Å². The number of likely N-dealkylation sites (N-methyl/N-ethyl adjacent to an activating group) is 1. The maximum atomic E-state index is 6.41. The molecule has 0 radical (unpaired) electrons. The van der Waals surface area contributed by atoms with Crippen LogP contribution in [0.4, 0.5) is 0 Å². The molecule has 0 amide bonds. The summed E-state index contributed by atoms with van der Waals surface area (Å²) >= 11 is 0. The third-order valence-corrected chi connectivity index (χ3v) is 6.13. The average molecular weight is 351 g/mol. The zero-order valence-corrected chi connectivity index (χ0v) is 15.8. The molecule has 3 nitrogen and oxygen atoms in total. The molecule has 2 saturated heterocycles. The molecule has 3 heteroatoms. The molecule has 0 N–H and O–H groups in total. The van der Waals surface area contributed by atoms with E-state index < -0.39 is 0 Å². The molecule has 2 bridgehead atoms. The highest BCUT2D eigenvalue weighted by molar-refractivity contribution is 5.29. The summed E-state index contributed by atoms with van der Waals surface area (Å²) in [7, 11) is 2.31. The summed E-state index contributed by atoms with van der Waals surface area (Å²) in [6.07, 6.45) is 4.06. The van der Waals surface area contributed by atoms with Gasteiger partial charge in [0.25, 0.3) is 0 Å². The van der Waals surface area contributed by atoms with Gasteiger partial charge in [0.1, 0.15) is 6.10 Å². The number of hydrogen-bond donors (Lipinski definition) is 0. The van der Waals surface area contributed by atoms with Crippen molar-refractivity contribution in [3.8, 4) is 0 Å². The molecule has 0 aromatic heterocycles. The van der Waals surface area contributed by atoms with Gasteiger partial charge in [0.15, 0.2) is 0 Å². The van der Waals surface area contributed by atoms with E-state index in [-0.39, 0.29) is 6.10 Å². The first-order valence-electron chi connectivity index (χ1n) is 9.97. The van der Waals surface area contributed by atoms with Gasteiger partial charge >= 0.3 is 0 Å². The van der Waals surface area contributed by atoms with Crippen LogP contribution in [0.5, 0.6) is 0 Å². The van der Waals surface area contributed by atoms with E-state index >= 15 is 0 Å². The minimum Gasteiger partial charge on any atom is -0.367 e. The van der Waals surface area contributed by atoms with Gasteiger partial charge in [0.05, 0.1) is 6.61 Å². The Morgan fingerprint density at radius 3 is 2.15 bits per heavy atom. The van der Waals surface area contributed by atoms with Gasteiger partial charge in [-0.1, -0.05) is 60.7 Å². The highest BCUT2D eigenvalue weighted by Gasteiger charge is 2.34. The number of likely N-dealkylation sites (tertiary alicyclic amines) is 1. The van der Waals surface area contributed by atoms with E-state index in [4.69, 9.17) is 4.74 Å². The van der Waals surface area contributed by atoms with Gasteiger partial charge in [-0.25, -0.2) is 0 Å². The number of rotatable bonds is 6. The van der Waals surface area contributed by atoms with Gasteiger partial charge in [-0.05, 0) is 44.0 Å². The molecule has 2 aliphatic rings. The zero-order chi connectivity index (χ0) is 17.8. The fourth-order valence-corrected chi connectivity index (χ4v) is 4.52. The molecular formula is C23H30N2O. The lowest BCUT2D eigenvalue weighted by Gasteiger charge is -2.26. The third kappa shape index (κ3) is 4.01. The van der Waals surface area contributed by atoms with Crippen LogP contribution < -0.4 is 0 Å². The molecule has 2 aliphatic heterocycles. The van der Waals surface area contributed by atoms with E-state index in [1.807, 2.05) is 0 Å². The molecule has 2 fully saturated rings. The third-order valence-electron chi connectivity index (χ3n) is 6.13. The molecule has 0 spiro atoms. The summed E-state index contributed by atoms with van der Waals surface area (Å²) in [6, 6.07) is 22.7. The topological polar surface area (TPSA) is 15.7 Å². The maximum absolute atomic E-state index is 6.41. The number of fused-ring (bicyclic) bond motifs is 2. The fourth-order valence-electron chi connectivity index (χ4n) is 4.52. The molecule has 0 aliphatic carbocycles. The molecule has 2 heterocycles. The lowest BCUT2D eigenvalue weighted by Crippen LogP contribution is -2.38. The van der Waals surface area contributed by atoms with Gasteiger partial charge < -0.3 is 4.74 Å². The van der Waals surface area contributed by atoms with E-state index in [1.54, 1.807) is 0 Å². The number of nitrogens with zero attached hydrogens (tertiary/aromatic N) is 2. The van der Waals surface area contributed by atoms with Crippen molar-refractivity contribution < 1.29 is 4.74 Å². The minimum absolute atomic E-state index is 0.0171. The Morgan fingerprint density at radius 2 is 1.50 bits per heavy atom. The predicted molar refractivity (Wildman–Crippen MR) is 106 cm³/mol. The normalized spacial score (nSPS) is 24.1.